The fourth-order valence-corrected chi connectivity index (χ4v) is 1.88. The van der Waals surface area contributed by atoms with Crippen LogP contribution in [0.3, 0.4) is 0 Å². The lowest BCUT2D eigenvalue weighted by molar-refractivity contribution is -0.122. The van der Waals surface area contributed by atoms with Crippen LogP contribution in [0.2, 0.25) is 0 Å². The Kier molecular flexibility index (Phi) is 5.65. The van der Waals surface area contributed by atoms with Gasteiger partial charge in [-0.2, -0.15) is 0 Å². The van der Waals surface area contributed by atoms with Crippen molar-refractivity contribution >= 4 is 5.91 Å². The van der Waals surface area contributed by atoms with E-state index in [1.165, 1.54) is 0 Å². The topological polar surface area (TPSA) is 61.4 Å². The summed E-state index contributed by atoms with van der Waals surface area (Å²) in [6, 6.07) is 7.02. The molecule has 0 aromatic heterocycles. The minimum atomic E-state index is -0.0987. The lowest BCUT2D eigenvalue weighted by Gasteiger charge is -2.17. The summed E-state index contributed by atoms with van der Waals surface area (Å²) in [4.78, 5) is 11.8. The molecule has 4 nitrogen and oxygen atoms in total. The average Bonchev–Trinajstić information content (AvgIpc) is 2.28. The van der Waals surface area contributed by atoms with Crippen molar-refractivity contribution < 1.29 is 9.90 Å². The maximum atomic E-state index is 11.8. The third kappa shape index (κ3) is 4.75. The second-order valence-corrected chi connectivity index (χ2v) is 4.55. The van der Waals surface area contributed by atoms with Gasteiger partial charge in [0, 0.05) is 12.5 Å². The maximum Gasteiger partial charge on any atom is 0.222 e. The number of aromatic hydroxyl groups is 1. The monoisotopic (exact) mass is 250 g/mol. The van der Waals surface area contributed by atoms with Gasteiger partial charge in [0.25, 0.3) is 0 Å². The second kappa shape index (κ2) is 7.01. The Morgan fingerprint density at radius 2 is 2.11 bits per heavy atom. The van der Waals surface area contributed by atoms with Gasteiger partial charge in [0.1, 0.15) is 5.75 Å². The van der Waals surface area contributed by atoms with Gasteiger partial charge in [0.05, 0.1) is 6.04 Å². The van der Waals surface area contributed by atoms with Crippen LogP contribution in [0.25, 0.3) is 0 Å². The first-order valence-corrected chi connectivity index (χ1v) is 6.34. The van der Waals surface area contributed by atoms with Crippen molar-refractivity contribution in [3.05, 3.63) is 29.8 Å². The predicted molar refractivity (Wildman–Crippen MR) is 72.4 cm³/mol. The number of benzene rings is 1. The Morgan fingerprint density at radius 1 is 1.39 bits per heavy atom. The van der Waals surface area contributed by atoms with Crippen LogP contribution in [0.5, 0.6) is 5.75 Å². The molecule has 0 radical (unpaired) electrons. The Morgan fingerprint density at radius 3 is 2.72 bits per heavy atom. The number of carbonyl (C=O) groups excluding carboxylic acids is 1. The van der Waals surface area contributed by atoms with Crippen LogP contribution in [0, 0.1) is 0 Å². The third-order valence-electron chi connectivity index (χ3n) is 2.79. The van der Waals surface area contributed by atoms with E-state index < -0.39 is 0 Å². The summed E-state index contributed by atoms with van der Waals surface area (Å²) in [6.07, 6.45) is 0.455. The highest BCUT2D eigenvalue weighted by Crippen LogP contribution is 2.17. The summed E-state index contributed by atoms with van der Waals surface area (Å²) in [7, 11) is 0. The number of nitrogens with one attached hydrogen (secondary N) is 2. The van der Waals surface area contributed by atoms with Gasteiger partial charge in [-0.05, 0) is 38.1 Å². The number of hydrogen-bond acceptors (Lipinski definition) is 3. The summed E-state index contributed by atoms with van der Waals surface area (Å²) in [6.45, 7) is 6.77. The molecule has 0 bridgehead atoms. The molecule has 18 heavy (non-hydrogen) atoms. The van der Waals surface area contributed by atoms with E-state index in [-0.39, 0.29) is 23.7 Å². The molecular weight excluding hydrogens is 228 g/mol. The number of hydrogen-bond donors (Lipinski definition) is 3. The van der Waals surface area contributed by atoms with E-state index in [0.29, 0.717) is 6.42 Å². The number of amides is 1. The number of phenols is 1. The van der Waals surface area contributed by atoms with Crippen molar-refractivity contribution in [1.82, 2.24) is 10.6 Å². The zero-order chi connectivity index (χ0) is 13.5. The normalized spacial score (nSPS) is 13.9. The molecule has 0 spiro atoms. The number of phenolic OH excluding ortho intramolecular Hbond substituents is 1. The van der Waals surface area contributed by atoms with Crippen LogP contribution >= 0.6 is 0 Å². The van der Waals surface area contributed by atoms with Crippen LogP contribution in [-0.2, 0) is 4.79 Å². The molecule has 1 amide bonds. The molecule has 1 rings (SSSR count). The van der Waals surface area contributed by atoms with Gasteiger partial charge in [-0.3, -0.25) is 4.79 Å². The van der Waals surface area contributed by atoms with E-state index in [1.54, 1.807) is 18.2 Å². The maximum absolute atomic E-state index is 11.8. The molecule has 0 aliphatic carbocycles. The van der Waals surface area contributed by atoms with Gasteiger partial charge >= 0.3 is 0 Å². The molecule has 2 unspecified atom stereocenters. The SMILES string of the molecule is CCNC(C)CC(=O)NC(C)c1cccc(O)c1. The molecular formula is C14H22N2O2. The van der Waals surface area contributed by atoms with Crippen molar-refractivity contribution in [2.45, 2.75) is 39.3 Å². The smallest absolute Gasteiger partial charge is 0.222 e. The van der Waals surface area contributed by atoms with Crippen molar-refractivity contribution in [3.63, 3.8) is 0 Å². The van der Waals surface area contributed by atoms with E-state index in [4.69, 9.17) is 0 Å². The fraction of sp³-hybridized carbons (Fsp3) is 0.500. The zero-order valence-electron chi connectivity index (χ0n) is 11.2. The predicted octanol–water partition coefficient (Wildman–Crippen LogP) is 1.96. The molecule has 0 aliphatic rings. The first-order valence-electron chi connectivity index (χ1n) is 6.34. The van der Waals surface area contributed by atoms with Crippen LogP contribution < -0.4 is 10.6 Å². The van der Waals surface area contributed by atoms with E-state index in [0.717, 1.165) is 12.1 Å². The van der Waals surface area contributed by atoms with Crippen LogP contribution in [-0.4, -0.2) is 23.6 Å². The Balaban J connectivity index is 2.49. The third-order valence-corrected chi connectivity index (χ3v) is 2.79. The minimum absolute atomic E-state index is 0.0132. The van der Waals surface area contributed by atoms with Gasteiger partial charge in [-0.15, -0.1) is 0 Å². The quantitative estimate of drug-likeness (QED) is 0.723. The van der Waals surface area contributed by atoms with Gasteiger partial charge in [-0.1, -0.05) is 19.1 Å². The minimum Gasteiger partial charge on any atom is -0.508 e. The second-order valence-electron chi connectivity index (χ2n) is 4.55. The van der Waals surface area contributed by atoms with Crippen LogP contribution in [0.1, 0.15) is 38.8 Å². The van der Waals surface area contributed by atoms with E-state index in [9.17, 15) is 9.90 Å². The summed E-state index contributed by atoms with van der Waals surface area (Å²) >= 11 is 0. The summed E-state index contributed by atoms with van der Waals surface area (Å²) < 4.78 is 0. The van der Waals surface area contributed by atoms with E-state index >= 15 is 0 Å². The molecule has 0 heterocycles. The molecule has 0 fully saturated rings. The molecule has 1 aromatic carbocycles. The van der Waals surface area contributed by atoms with Gasteiger partial charge < -0.3 is 15.7 Å². The van der Waals surface area contributed by atoms with E-state index in [2.05, 4.69) is 10.6 Å². The first-order chi connectivity index (χ1) is 8.52. The summed E-state index contributed by atoms with van der Waals surface area (Å²) in [5.41, 5.74) is 0.902. The summed E-state index contributed by atoms with van der Waals surface area (Å²) in [5.74, 6) is 0.230. The van der Waals surface area contributed by atoms with Gasteiger partial charge in [0.15, 0.2) is 0 Å². The molecule has 100 valence electrons. The highest BCUT2D eigenvalue weighted by molar-refractivity contribution is 5.77. The largest absolute Gasteiger partial charge is 0.508 e. The molecule has 2 atom stereocenters. The van der Waals surface area contributed by atoms with Crippen molar-refractivity contribution in [2.24, 2.45) is 0 Å². The van der Waals surface area contributed by atoms with E-state index in [1.807, 2.05) is 26.8 Å². The average molecular weight is 250 g/mol. The first kappa shape index (κ1) is 14.5. The molecule has 3 N–H and O–H groups in total. The highest BCUT2D eigenvalue weighted by atomic mass is 16.3. The molecule has 1 aromatic rings. The molecule has 0 saturated carbocycles. The van der Waals surface area contributed by atoms with Crippen LogP contribution in [0.15, 0.2) is 24.3 Å². The van der Waals surface area contributed by atoms with Crippen molar-refractivity contribution in [1.29, 1.82) is 0 Å². The van der Waals surface area contributed by atoms with Crippen LogP contribution in [0.4, 0.5) is 0 Å². The van der Waals surface area contributed by atoms with Gasteiger partial charge in [0.2, 0.25) is 5.91 Å². The Bertz CT molecular complexity index is 393. The molecule has 0 saturated heterocycles. The van der Waals surface area contributed by atoms with Gasteiger partial charge in [-0.25, -0.2) is 0 Å². The lowest BCUT2D eigenvalue weighted by atomic mass is 10.1. The standard InChI is InChI=1S/C14H22N2O2/c1-4-15-10(2)8-14(18)16-11(3)12-6-5-7-13(17)9-12/h5-7,9-11,15,17H,4,8H2,1-3H3,(H,16,18). The molecule has 4 heteroatoms. The Labute approximate surface area is 108 Å². The lowest BCUT2D eigenvalue weighted by Crippen LogP contribution is -2.34. The van der Waals surface area contributed by atoms with Crippen molar-refractivity contribution in [3.8, 4) is 5.75 Å². The van der Waals surface area contributed by atoms with Crippen molar-refractivity contribution in [2.75, 3.05) is 6.54 Å². The zero-order valence-corrected chi connectivity index (χ0v) is 11.2. The fourth-order valence-electron chi connectivity index (χ4n) is 1.88. The summed E-state index contributed by atoms with van der Waals surface area (Å²) in [5, 5.41) is 15.5. The highest BCUT2D eigenvalue weighted by Gasteiger charge is 2.12. The number of rotatable bonds is 6. The Hall–Kier alpha value is -1.55. The number of carbonyl (C=O) groups is 1. The molecule has 0 aliphatic heterocycles.